The van der Waals surface area contributed by atoms with E-state index < -0.39 is 5.79 Å². The molecule has 2 bridgehead atoms. The summed E-state index contributed by atoms with van der Waals surface area (Å²) in [6.07, 6.45) is 8.83. The van der Waals surface area contributed by atoms with Gasteiger partial charge in [-0.3, -0.25) is 0 Å². The zero-order valence-electron chi connectivity index (χ0n) is 14.7. The van der Waals surface area contributed by atoms with E-state index in [0.29, 0.717) is 24.4 Å². The molecule has 2 saturated carbocycles. The molecule has 24 heavy (non-hydrogen) atoms. The van der Waals surface area contributed by atoms with E-state index in [1.54, 1.807) is 0 Å². The van der Waals surface area contributed by atoms with Crippen molar-refractivity contribution in [2.75, 3.05) is 6.61 Å². The summed E-state index contributed by atoms with van der Waals surface area (Å²) in [4.78, 5) is 0. The summed E-state index contributed by atoms with van der Waals surface area (Å²) in [6, 6.07) is 0. The summed E-state index contributed by atoms with van der Waals surface area (Å²) in [6.45, 7) is 5.54. The molecular weight excluding hydrogens is 304 g/mol. The van der Waals surface area contributed by atoms with Gasteiger partial charge in [-0.1, -0.05) is 25.5 Å². The largest absolute Gasteiger partial charge is 0.393 e. The molecule has 3 aliphatic heterocycles. The number of aliphatic hydroxyl groups is 1. The monoisotopic (exact) mass is 332 g/mol. The van der Waals surface area contributed by atoms with Crippen molar-refractivity contribution < 1.29 is 19.3 Å². The molecule has 4 nitrogen and oxygen atoms in total. The van der Waals surface area contributed by atoms with Crippen LogP contribution in [0.25, 0.3) is 0 Å². The SMILES string of the molecule is C[C@]12CC[C@H](O)CC1=CC[C@@H]1[C@@H]2CC[C@]2(C)[C@@H]3[C@H]4OC[C@@H]3O[C@@]12O4. The lowest BCUT2D eigenvalue weighted by molar-refractivity contribution is -0.331. The lowest BCUT2D eigenvalue weighted by Crippen LogP contribution is -2.59. The molecule has 0 aromatic rings. The molecule has 5 fully saturated rings. The fraction of sp³-hybridized carbons (Fsp3) is 0.900. The van der Waals surface area contributed by atoms with Crippen molar-refractivity contribution in [3.05, 3.63) is 11.6 Å². The highest BCUT2D eigenvalue weighted by Crippen LogP contribution is 2.73. The van der Waals surface area contributed by atoms with Crippen molar-refractivity contribution in [3.8, 4) is 0 Å². The van der Waals surface area contributed by atoms with Crippen LogP contribution in [0.5, 0.6) is 0 Å². The molecule has 3 aliphatic carbocycles. The van der Waals surface area contributed by atoms with Gasteiger partial charge in [0, 0.05) is 17.3 Å². The number of aliphatic hydroxyl groups excluding tert-OH is 1. The first-order valence-corrected chi connectivity index (χ1v) is 9.83. The summed E-state index contributed by atoms with van der Waals surface area (Å²) in [5.41, 5.74) is 1.82. The number of hydrogen-bond donors (Lipinski definition) is 1. The van der Waals surface area contributed by atoms with E-state index in [1.165, 1.54) is 18.4 Å². The molecule has 0 amide bonds. The normalized spacial score (nSPS) is 63.5. The van der Waals surface area contributed by atoms with E-state index in [4.69, 9.17) is 14.2 Å². The Balaban J connectivity index is 1.45. The second-order valence-electron chi connectivity index (χ2n) is 9.62. The summed E-state index contributed by atoms with van der Waals surface area (Å²) in [5, 5.41) is 10.1. The van der Waals surface area contributed by atoms with Gasteiger partial charge in [0.2, 0.25) is 0 Å². The first-order chi connectivity index (χ1) is 11.5. The molecular formula is C20H28O4. The summed E-state index contributed by atoms with van der Waals surface area (Å²) in [5.74, 6) is 1.02. The Morgan fingerprint density at radius 1 is 1.12 bits per heavy atom. The van der Waals surface area contributed by atoms with E-state index in [1.807, 2.05) is 0 Å². The highest BCUT2D eigenvalue weighted by atomic mass is 16.8. The average Bonchev–Trinajstić information content (AvgIpc) is 3.08. The van der Waals surface area contributed by atoms with Gasteiger partial charge in [0.05, 0.1) is 18.8 Å². The van der Waals surface area contributed by atoms with Crippen LogP contribution in [-0.4, -0.2) is 36.0 Å². The van der Waals surface area contributed by atoms with Crippen LogP contribution in [0.1, 0.15) is 52.4 Å². The van der Waals surface area contributed by atoms with E-state index in [0.717, 1.165) is 25.7 Å². The third-order valence-corrected chi connectivity index (χ3v) is 8.84. The fourth-order valence-corrected chi connectivity index (χ4v) is 7.59. The highest BCUT2D eigenvalue weighted by molar-refractivity contribution is 5.28. The maximum atomic E-state index is 10.1. The highest BCUT2D eigenvalue weighted by Gasteiger charge is 2.79. The molecule has 4 heteroatoms. The first kappa shape index (κ1) is 14.7. The second kappa shape index (κ2) is 4.28. The molecule has 132 valence electrons. The maximum Gasteiger partial charge on any atom is 0.181 e. The molecule has 1 N–H and O–H groups in total. The van der Waals surface area contributed by atoms with Crippen molar-refractivity contribution in [2.45, 2.75) is 76.7 Å². The molecule has 0 spiro atoms. The minimum Gasteiger partial charge on any atom is -0.393 e. The second-order valence-corrected chi connectivity index (χ2v) is 9.62. The van der Waals surface area contributed by atoms with Crippen molar-refractivity contribution in [1.82, 2.24) is 0 Å². The van der Waals surface area contributed by atoms with Gasteiger partial charge in [0.1, 0.15) is 0 Å². The van der Waals surface area contributed by atoms with Gasteiger partial charge < -0.3 is 19.3 Å². The minimum absolute atomic E-state index is 0.0427. The van der Waals surface area contributed by atoms with Gasteiger partial charge in [-0.05, 0) is 49.9 Å². The standard InChI is InChI=1S/C20H28O4/c1-18-7-5-12(21)9-11(18)3-4-14-13(18)6-8-19(2)16-15-10-22-17(16)24-20(14,19)23-15/h3,12-17,21H,4-10H2,1-2H3/t12-,13-,14+,15-,16-,17-,18-,19+,20+/m0/s1. The molecule has 0 unspecified atom stereocenters. The van der Waals surface area contributed by atoms with Crippen molar-refractivity contribution in [2.24, 2.45) is 28.6 Å². The number of ether oxygens (including phenoxy) is 3. The van der Waals surface area contributed by atoms with Crippen LogP contribution in [0.2, 0.25) is 0 Å². The lowest BCUT2D eigenvalue weighted by Gasteiger charge is -2.59. The Bertz CT molecular complexity index is 615. The minimum atomic E-state index is -0.437. The van der Waals surface area contributed by atoms with Crippen molar-refractivity contribution in [1.29, 1.82) is 0 Å². The fourth-order valence-electron chi connectivity index (χ4n) is 7.59. The maximum absolute atomic E-state index is 10.1. The van der Waals surface area contributed by atoms with Crippen LogP contribution in [0.15, 0.2) is 11.6 Å². The first-order valence-electron chi connectivity index (χ1n) is 9.83. The third-order valence-electron chi connectivity index (χ3n) is 8.84. The van der Waals surface area contributed by atoms with Crippen LogP contribution >= 0.6 is 0 Å². The zero-order chi connectivity index (χ0) is 16.3. The van der Waals surface area contributed by atoms with Gasteiger partial charge in [-0.15, -0.1) is 0 Å². The van der Waals surface area contributed by atoms with Gasteiger partial charge in [0.25, 0.3) is 0 Å². The predicted octanol–water partition coefficient (Wildman–Crippen LogP) is 3.00. The molecule has 0 aromatic heterocycles. The van der Waals surface area contributed by atoms with Gasteiger partial charge in [-0.25, -0.2) is 0 Å². The Kier molecular flexibility index (Phi) is 2.62. The number of rotatable bonds is 0. The predicted molar refractivity (Wildman–Crippen MR) is 86.9 cm³/mol. The average molecular weight is 332 g/mol. The van der Waals surface area contributed by atoms with E-state index >= 15 is 0 Å². The Hall–Kier alpha value is -0.420. The molecule has 0 radical (unpaired) electrons. The molecule has 6 rings (SSSR count). The van der Waals surface area contributed by atoms with Crippen LogP contribution < -0.4 is 0 Å². The Morgan fingerprint density at radius 2 is 2.00 bits per heavy atom. The topological polar surface area (TPSA) is 47.9 Å². The lowest BCUT2D eigenvalue weighted by atomic mass is 9.48. The van der Waals surface area contributed by atoms with Gasteiger partial charge in [0.15, 0.2) is 12.1 Å². The van der Waals surface area contributed by atoms with Crippen LogP contribution in [0.4, 0.5) is 0 Å². The molecule has 9 atom stereocenters. The van der Waals surface area contributed by atoms with E-state index in [2.05, 4.69) is 19.9 Å². The van der Waals surface area contributed by atoms with E-state index in [-0.39, 0.29) is 29.3 Å². The van der Waals surface area contributed by atoms with Gasteiger partial charge >= 0.3 is 0 Å². The van der Waals surface area contributed by atoms with Crippen molar-refractivity contribution >= 4 is 0 Å². The number of allylic oxidation sites excluding steroid dienone is 1. The van der Waals surface area contributed by atoms with Crippen molar-refractivity contribution in [3.63, 3.8) is 0 Å². The number of fused-ring (bicyclic) bond motifs is 3. The third kappa shape index (κ3) is 1.41. The Labute approximate surface area is 143 Å². The van der Waals surface area contributed by atoms with Crippen LogP contribution in [-0.2, 0) is 14.2 Å². The van der Waals surface area contributed by atoms with Crippen LogP contribution in [0.3, 0.4) is 0 Å². The molecule has 6 aliphatic rings. The summed E-state index contributed by atoms with van der Waals surface area (Å²) >= 11 is 0. The zero-order valence-corrected chi connectivity index (χ0v) is 14.7. The van der Waals surface area contributed by atoms with Crippen LogP contribution in [0, 0.1) is 28.6 Å². The molecule has 3 saturated heterocycles. The Morgan fingerprint density at radius 3 is 2.83 bits per heavy atom. The van der Waals surface area contributed by atoms with Gasteiger partial charge in [-0.2, -0.15) is 0 Å². The molecule has 0 aromatic carbocycles. The van der Waals surface area contributed by atoms with E-state index in [9.17, 15) is 5.11 Å². The smallest absolute Gasteiger partial charge is 0.181 e. The summed E-state index contributed by atoms with van der Waals surface area (Å²) < 4.78 is 19.1. The quantitative estimate of drug-likeness (QED) is 0.693. The summed E-state index contributed by atoms with van der Waals surface area (Å²) in [7, 11) is 0. The molecule has 3 heterocycles. The number of hydrogen-bond acceptors (Lipinski definition) is 4.